The van der Waals surface area contributed by atoms with Crippen molar-refractivity contribution in [1.29, 1.82) is 0 Å². The van der Waals surface area contributed by atoms with Gasteiger partial charge in [0.05, 0.1) is 7.11 Å². The lowest BCUT2D eigenvalue weighted by atomic mass is 10.1. The summed E-state index contributed by atoms with van der Waals surface area (Å²) >= 11 is 0. The Morgan fingerprint density at radius 1 is 1.05 bits per heavy atom. The fourth-order valence-corrected chi connectivity index (χ4v) is 2.08. The van der Waals surface area contributed by atoms with Crippen LogP contribution in [0.1, 0.15) is 24.1 Å². The first-order valence-corrected chi connectivity index (χ1v) is 6.37. The summed E-state index contributed by atoms with van der Waals surface area (Å²) in [7, 11) is 1.62. The van der Waals surface area contributed by atoms with Gasteiger partial charge in [-0.3, -0.25) is 0 Å². The maximum Gasteiger partial charge on any atom is 0.159 e. The van der Waals surface area contributed by atoms with Crippen molar-refractivity contribution in [2.24, 2.45) is 0 Å². The Bertz CT molecular complexity index is 613. The highest BCUT2D eigenvalue weighted by atomic mass is 19.2. The molecule has 0 aliphatic rings. The highest BCUT2D eigenvalue weighted by Gasteiger charge is 2.10. The molecule has 0 amide bonds. The molecule has 0 saturated heterocycles. The monoisotopic (exact) mass is 277 g/mol. The van der Waals surface area contributed by atoms with Crippen LogP contribution in [0.3, 0.4) is 0 Å². The van der Waals surface area contributed by atoms with E-state index in [-0.39, 0.29) is 6.04 Å². The van der Waals surface area contributed by atoms with Crippen molar-refractivity contribution in [2.75, 3.05) is 12.4 Å². The minimum Gasteiger partial charge on any atom is -0.496 e. The molecule has 1 N–H and O–H groups in total. The SMILES string of the molecule is COc1ccc(NC(C)c2ccc(F)c(F)c2)cc1C. The third-order valence-corrected chi connectivity index (χ3v) is 3.22. The Kier molecular flexibility index (Phi) is 4.23. The number of ether oxygens (including phenoxy) is 1. The Morgan fingerprint density at radius 3 is 2.40 bits per heavy atom. The first-order valence-electron chi connectivity index (χ1n) is 6.37. The number of nitrogens with one attached hydrogen (secondary N) is 1. The van der Waals surface area contributed by atoms with Crippen molar-refractivity contribution >= 4 is 5.69 Å². The first-order chi connectivity index (χ1) is 9.51. The molecule has 0 aliphatic heterocycles. The summed E-state index contributed by atoms with van der Waals surface area (Å²) in [5, 5.41) is 3.25. The fraction of sp³-hybridized carbons (Fsp3) is 0.250. The predicted octanol–water partition coefficient (Wildman–Crippen LogP) is 4.45. The van der Waals surface area contributed by atoms with Crippen LogP contribution < -0.4 is 10.1 Å². The van der Waals surface area contributed by atoms with Gasteiger partial charge in [-0.25, -0.2) is 8.78 Å². The third kappa shape index (κ3) is 3.07. The molecule has 0 fully saturated rings. The molecule has 2 nitrogen and oxygen atoms in total. The normalized spacial score (nSPS) is 12.1. The standard InChI is InChI=1S/C16H17F2NO/c1-10-8-13(5-7-16(10)20-3)19-11(2)12-4-6-14(17)15(18)9-12/h4-9,11,19H,1-3H3. The Morgan fingerprint density at radius 2 is 1.80 bits per heavy atom. The van der Waals surface area contributed by atoms with Gasteiger partial charge in [0, 0.05) is 11.7 Å². The second kappa shape index (κ2) is 5.90. The zero-order valence-corrected chi connectivity index (χ0v) is 11.7. The van der Waals surface area contributed by atoms with E-state index in [1.807, 2.05) is 32.0 Å². The minimum absolute atomic E-state index is 0.127. The van der Waals surface area contributed by atoms with Gasteiger partial charge in [-0.1, -0.05) is 6.07 Å². The molecule has 1 atom stereocenters. The molecular weight excluding hydrogens is 260 g/mol. The van der Waals surface area contributed by atoms with E-state index < -0.39 is 11.6 Å². The van der Waals surface area contributed by atoms with Crippen molar-refractivity contribution < 1.29 is 13.5 Å². The average molecular weight is 277 g/mol. The maximum atomic E-state index is 13.2. The highest BCUT2D eigenvalue weighted by Crippen LogP contribution is 2.25. The number of aryl methyl sites for hydroxylation is 1. The molecule has 20 heavy (non-hydrogen) atoms. The summed E-state index contributed by atoms with van der Waals surface area (Å²) in [4.78, 5) is 0. The van der Waals surface area contributed by atoms with Gasteiger partial charge in [0.1, 0.15) is 5.75 Å². The highest BCUT2D eigenvalue weighted by molar-refractivity contribution is 5.52. The average Bonchev–Trinajstić information content (AvgIpc) is 2.42. The molecule has 0 aliphatic carbocycles. The molecular formula is C16H17F2NO. The van der Waals surface area contributed by atoms with E-state index in [2.05, 4.69) is 5.32 Å². The zero-order valence-electron chi connectivity index (χ0n) is 11.7. The fourth-order valence-electron chi connectivity index (χ4n) is 2.08. The van der Waals surface area contributed by atoms with Crippen molar-refractivity contribution in [1.82, 2.24) is 0 Å². The van der Waals surface area contributed by atoms with E-state index in [4.69, 9.17) is 4.74 Å². The number of halogens is 2. The topological polar surface area (TPSA) is 21.3 Å². The van der Waals surface area contributed by atoms with E-state index in [0.717, 1.165) is 23.1 Å². The van der Waals surface area contributed by atoms with Crippen LogP contribution in [0, 0.1) is 18.6 Å². The van der Waals surface area contributed by atoms with Crippen molar-refractivity contribution in [2.45, 2.75) is 19.9 Å². The molecule has 0 spiro atoms. The zero-order chi connectivity index (χ0) is 14.7. The molecule has 0 aromatic heterocycles. The summed E-state index contributed by atoms with van der Waals surface area (Å²) < 4.78 is 31.3. The Hall–Kier alpha value is -2.10. The van der Waals surface area contributed by atoms with Gasteiger partial charge in [-0.05, 0) is 55.3 Å². The number of anilines is 1. The predicted molar refractivity (Wildman–Crippen MR) is 76.1 cm³/mol. The van der Waals surface area contributed by atoms with Crippen LogP contribution in [0.5, 0.6) is 5.75 Å². The van der Waals surface area contributed by atoms with Gasteiger partial charge < -0.3 is 10.1 Å². The van der Waals surface area contributed by atoms with Gasteiger partial charge in [-0.15, -0.1) is 0 Å². The van der Waals surface area contributed by atoms with Crippen LogP contribution >= 0.6 is 0 Å². The molecule has 0 bridgehead atoms. The largest absolute Gasteiger partial charge is 0.496 e. The molecule has 4 heteroatoms. The number of methoxy groups -OCH3 is 1. The van der Waals surface area contributed by atoms with Gasteiger partial charge in [-0.2, -0.15) is 0 Å². The van der Waals surface area contributed by atoms with Crippen molar-refractivity contribution in [3.63, 3.8) is 0 Å². The molecule has 0 radical (unpaired) electrons. The minimum atomic E-state index is -0.832. The van der Waals surface area contributed by atoms with Crippen LogP contribution in [0.25, 0.3) is 0 Å². The molecule has 0 heterocycles. The van der Waals surface area contributed by atoms with Crippen LogP contribution in [-0.4, -0.2) is 7.11 Å². The Balaban J connectivity index is 2.16. The summed E-state index contributed by atoms with van der Waals surface area (Å²) in [5.74, 6) is -0.848. The second-order valence-electron chi connectivity index (χ2n) is 4.72. The lowest BCUT2D eigenvalue weighted by Crippen LogP contribution is -2.07. The van der Waals surface area contributed by atoms with E-state index >= 15 is 0 Å². The van der Waals surface area contributed by atoms with Crippen LogP contribution in [-0.2, 0) is 0 Å². The lowest BCUT2D eigenvalue weighted by Gasteiger charge is -2.17. The smallest absolute Gasteiger partial charge is 0.159 e. The Labute approximate surface area is 117 Å². The van der Waals surface area contributed by atoms with Crippen LogP contribution in [0.4, 0.5) is 14.5 Å². The van der Waals surface area contributed by atoms with E-state index in [9.17, 15) is 8.78 Å². The molecule has 0 saturated carbocycles. The second-order valence-corrected chi connectivity index (χ2v) is 4.72. The van der Waals surface area contributed by atoms with Crippen LogP contribution in [0.15, 0.2) is 36.4 Å². The number of hydrogen-bond donors (Lipinski definition) is 1. The summed E-state index contributed by atoms with van der Waals surface area (Å²) in [6, 6.07) is 9.52. The number of benzene rings is 2. The summed E-state index contributed by atoms with van der Waals surface area (Å²) in [6.45, 7) is 3.85. The van der Waals surface area contributed by atoms with E-state index in [1.54, 1.807) is 13.2 Å². The van der Waals surface area contributed by atoms with Gasteiger partial charge in [0.25, 0.3) is 0 Å². The molecule has 1 unspecified atom stereocenters. The van der Waals surface area contributed by atoms with Gasteiger partial charge in [0.15, 0.2) is 11.6 Å². The molecule has 106 valence electrons. The van der Waals surface area contributed by atoms with Crippen LogP contribution in [0.2, 0.25) is 0 Å². The molecule has 2 rings (SSSR count). The van der Waals surface area contributed by atoms with E-state index in [0.29, 0.717) is 5.56 Å². The number of rotatable bonds is 4. The van der Waals surface area contributed by atoms with Crippen molar-refractivity contribution in [3.05, 3.63) is 59.2 Å². The quantitative estimate of drug-likeness (QED) is 0.891. The lowest BCUT2D eigenvalue weighted by molar-refractivity contribution is 0.412. The van der Waals surface area contributed by atoms with Gasteiger partial charge in [0.2, 0.25) is 0 Å². The molecule has 2 aromatic rings. The molecule has 2 aromatic carbocycles. The van der Waals surface area contributed by atoms with E-state index in [1.165, 1.54) is 6.07 Å². The maximum absolute atomic E-state index is 13.2. The van der Waals surface area contributed by atoms with Crippen molar-refractivity contribution in [3.8, 4) is 5.75 Å². The number of hydrogen-bond acceptors (Lipinski definition) is 2. The first kappa shape index (κ1) is 14.3. The van der Waals surface area contributed by atoms with Gasteiger partial charge >= 0.3 is 0 Å². The summed E-state index contributed by atoms with van der Waals surface area (Å²) in [6.07, 6.45) is 0. The third-order valence-electron chi connectivity index (χ3n) is 3.22. The summed E-state index contributed by atoms with van der Waals surface area (Å²) in [5.41, 5.74) is 2.60.